The van der Waals surface area contributed by atoms with Gasteiger partial charge in [-0.05, 0) is 18.6 Å². The maximum absolute atomic E-state index is 11.6. The van der Waals surface area contributed by atoms with E-state index in [0.717, 1.165) is 5.56 Å². The largest absolute Gasteiger partial charge is 0.351 e. The van der Waals surface area contributed by atoms with E-state index in [2.05, 4.69) is 10.3 Å². The van der Waals surface area contributed by atoms with Gasteiger partial charge in [0.15, 0.2) is 0 Å². The third-order valence-corrected chi connectivity index (χ3v) is 2.89. The molecule has 0 bridgehead atoms. The maximum Gasteiger partial charge on any atom is 0.253 e. The molecule has 0 spiro atoms. The number of benzene rings is 1. The van der Waals surface area contributed by atoms with Crippen LogP contribution in [0.4, 0.5) is 0 Å². The molecule has 0 saturated carbocycles. The maximum atomic E-state index is 11.6. The number of aromatic nitrogens is 2. The van der Waals surface area contributed by atoms with Crippen LogP contribution < -0.4 is 10.9 Å². The summed E-state index contributed by atoms with van der Waals surface area (Å²) in [4.78, 5) is 27.3. The molecule has 5 heteroatoms. The average Bonchev–Trinajstić information content (AvgIpc) is 2.48. The number of rotatable bonds is 5. The Labute approximate surface area is 123 Å². The molecule has 0 radical (unpaired) electrons. The molecule has 0 unspecified atom stereocenters. The lowest BCUT2D eigenvalue weighted by molar-refractivity contribution is -0.116. The second-order valence-corrected chi connectivity index (χ2v) is 4.60. The Balaban J connectivity index is 1.82. The lowest BCUT2D eigenvalue weighted by Crippen LogP contribution is -2.29. The first-order valence-electron chi connectivity index (χ1n) is 6.69. The molecule has 1 aromatic carbocycles. The summed E-state index contributed by atoms with van der Waals surface area (Å²) >= 11 is 0. The molecule has 2 rings (SSSR count). The van der Waals surface area contributed by atoms with Gasteiger partial charge >= 0.3 is 0 Å². The molecule has 1 aromatic heterocycles. The van der Waals surface area contributed by atoms with E-state index >= 15 is 0 Å². The smallest absolute Gasteiger partial charge is 0.253 e. The van der Waals surface area contributed by atoms with Gasteiger partial charge in [-0.25, -0.2) is 4.98 Å². The molecular weight excluding hydrogens is 266 g/mol. The van der Waals surface area contributed by atoms with E-state index in [-0.39, 0.29) is 11.5 Å². The van der Waals surface area contributed by atoms with Crippen LogP contribution in [-0.4, -0.2) is 22.0 Å². The lowest BCUT2D eigenvalue weighted by Gasteiger charge is -2.05. The molecule has 21 heavy (non-hydrogen) atoms. The summed E-state index contributed by atoms with van der Waals surface area (Å²) in [5.74, 6) is -0.188. The van der Waals surface area contributed by atoms with Crippen molar-refractivity contribution in [3.8, 4) is 0 Å². The van der Waals surface area contributed by atoms with Gasteiger partial charge in [-0.15, -0.1) is 0 Å². The van der Waals surface area contributed by atoms with Crippen molar-refractivity contribution in [1.29, 1.82) is 0 Å². The van der Waals surface area contributed by atoms with Crippen molar-refractivity contribution in [1.82, 2.24) is 14.9 Å². The van der Waals surface area contributed by atoms with E-state index in [1.165, 1.54) is 23.0 Å². The second kappa shape index (κ2) is 7.19. The van der Waals surface area contributed by atoms with Gasteiger partial charge in [-0.1, -0.05) is 30.3 Å². The van der Waals surface area contributed by atoms with Crippen molar-refractivity contribution in [2.75, 3.05) is 6.54 Å². The fourth-order valence-electron chi connectivity index (χ4n) is 1.78. The van der Waals surface area contributed by atoms with Crippen LogP contribution >= 0.6 is 0 Å². The molecular formula is C16H17N3O2. The van der Waals surface area contributed by atoms with Crippen molar-refractivity contribution in [3.63, 3.8) is 0 Å². The standard InChI is InChI=1S/C16H17N3O2/c1-13-11-16(21)19(12-18-13)10-9-17-15(20)8-7-14-5-3-2-4-6-14/h2-8,11-12H,9-10H2,1H3,(H,17,20)/b8-7+. The van der Waals surface area contributed by atoms with E-state index in [0.29, 0.717) is 18.8 Å². The number of nitrogens with zero attached hydrogens (tertiary/aromatic N) is 2. The number of carbonyl (C=O) groups excluding carboxylic acids is 1. The summed E-state index contributed by atoms with van der Waals surface area (Å²) in [7, 11) is 0. The minimum absolute atomic E-state index is 0.114. The van der Waals surface area contributed by atoms with Gasteiger partial charge in [0.25, 0.3) is 5.56 Å². The number of nitrogens with one attached hydrogen (secondary N) is 1. The third-order valence-electron chi connectivity index (χ3n) is 2.89. The molecule has 1 amide bonds. The molecule has 1 N–H and O–H groups in total. The Hall–Kier alpha value is -2.69. The van der Waals surface area contributed by atoms with Gasteiger partial charge in [-0.2, -0.15) is 0 Å². The Morgan fingerprint density at radius 2 is 2.10 bits per heavy atom. The van der Waals surface area contributed by atoms with Crippen LogP contribution in [0.1, 0.15) is 11.3 Å². The SMILES string of the molecule is Cc1cc(=O)n(CCNC(=O)/C=C/c2ccccc2)cn1. The van der Waals surface area contributed by atoms with Crippen LogP contribution in [0, 0.1) is 6.92 Å². The highest BCUT2D eigenvalue weighted by Gasteiger charge is 1.98. The molecule has 2 aromatic rings. The third kappa shape index (κ3) is 4.72. The van der Waals surface area contributed by atoms with Crippen LogP contribution in [0.5, 0.6) is 0 Å². The zero-order chi connectivity index (χ0) is 15.1. The summed E-state index contributed by atoms with van der Waals surface area (Å²) in [5.41, 5.74) is 1.54. The van der Waals surface area contributed by atoms with E-state index in [9.17, 15) is 9.59 Å². The molecule has 0 atom stereocenters. The number of amides is 1. The quantitative estimate of drug-likeness (QED) is 0.843. The number of carbonyl (C=O) groups is 1. The predicted molar refractivity (Wildman–Crippen MR) is 81.7 cm³/mol. The van der Waals surface area contributed by atoms with E-state index in [4.69, 9.17) is 0 Å². The molecule has 0 fully saturated rings. The molecule has 108 valence electrons. The predicted octanol–water partition coefficient (Wildman–Crippen LogP) is 1.38. The van der Waals surface area contributed by atoms with Crippen LogP contribution in [0.25, 0.3) is 6.08 Å². The Bertz CT molecular complexity index is 690. The Morgan fingerprint density at radius 1 is 1.33 bits per heavy atom. The molecule has 0 aliphatic carbocycles. The lowest BCUT2D eigenvalue weighted by atomic mass is 10.2. The summed E-state index contributed by atoms with van der Waals surface area (Å²) < 4.78 is 1.47. The van der Waals surface area contributed by atoms with Crippen LogP contribution in [0.2, 0.25) is 0 Å². The highest BCUT2D eigenvalue weighted by atomic mass is 16.1. The van der Waals surface area contributed by atoms with E-state index < -0.39 is 0 Å². The number of hydrogen-bond donors (Lipinski definition) is 1. The van der Waals surface area contributed by atoms with Gasteiger partial charge in [0.1, 0.15) is 0 Å². The fraction of sp³-hybridized carbons (Fsp3) is 0.188. The van der Waals surface area contributed by atoms with E-state index in [1.54, 1.807) is 13.0 Å². The van der Waals surface area contributed by atoms with Crippen molar-refractivity contribution in [2.45, 2.75) is 13.5 Å². The van der Waals surface area contributed by atoms with Gasteiger partial charge in [-0.3, -0.25) is 14.2 Å². The second-order valence-electron chi connectivity index (χ2n) is 4.60. The summed E-state index contributed by atoms with van der Waals surface area (Å²) in [6.45, 7) is 2.54. The van der Waals surface area contributed by atoms with Gasteiger partial charge < -0.3 is 5.32 Å². The molecule has 0 saturated heterocycles. The zero-order valence-electron chi connectivity index (χ0n) is 11.8. The van der Waals surface area contributed by atoms with Gasteiger partial charge in [0, 0.05) is 30.9 Å². The molecule has 0 aliphatic heterocycles. The monoisotopic (exact) mass is 283 g/mol. The van der Waals surface area contributed by atoms with Crippen LogP contribution in [0.3, 0.4) is 0 Å². The summed E-state index contributed by atoms with van der Waals surface area (Å²) in [6.07, 6.45) is 4.71. The number of hydrogen-bond acceptors (Lipinski definition) is 3. The first-order valence-corrected chi connectivity index (χ1v) is 6.69. The highest BCUT2D eigenvalue weighted by molar-refractivity contribution is 5.91. The first kappa shape index (κ1) is 14.7. The Kier molecular flexibility index (Phi) is 5.04. The van der Waals surface area contributed by atoms with E-state index in [1.807, 2.05) is 30.3 Å². The summed E-state index contributed by atoms with van der Waals surface area (Å²) in [6, 6.07) is 11.0. The average molecular weight is 283 g/mol. The number of aryl methyl sites for hydroxylation is 1. The minimum atomic E-state index is -0.188. The molecule has 1 heterocycles. The van der Waals surface area contributed by atoms with Crippen molar-refractivity contribution in [2.24, 2.45) is 0 Å². The van der Waals surface area contributed by atoms with Crippen molar-refractivity contribution >= 4 is 12.0 Å². The fourth-order valence-corrected chi connectivity index (χ4v) is 1.78. The van der Waals surface area contributed by atoms with Crippen molar-refractivity contribution in [3.05, 3.63) is 70.4 Å². The molecule has 5 nitrogen and oxygen atoms in total. The van der Waals surface area contributed by atoms with Gasteiger partial charge in [0.2, 0.25) is 5.91 Å². The zero-order valence-corrected chi connectivity index (χ0v) is 11.8. The molecule has 0 aliphatic rings. The van der Waals surface area contributed by atoms with Crippen molar-refractivity contribution < 1.29 is 4.79 Å². The summed E-state index contributed by atoms with van der Waals surface area (Å²) in [5, 5.41) is 2.73. The first-order chi connectivity index (χ1) is 10.1. The topological polar surface area (TPSA) is 64.0 Å². The van der Waals surface area contributed by atoms with Crippen LogP contribution in [0.15, 0.2) is 53.6 Å². The normalized spacial score (nSPS) is 10.7. The van der Waals surface area contributed by atoms with Gasteiger partial charge in [0.05, 0.1) is 6.33 Å². The minimum Gasteiger partial charge on any atom is -0.351 e. The highest BCUT2D eigenvalue weighted by Crippen LogP contribution is 2.00. The van der Waals surface area contributed by atoms with Crippen LogP contribution in [-0.2, 0) is 11.3 Å². The Morgan fingerprint density at radius 3 is 2.81 bits per heavy atom.